The summed E-state index contributed by atoms with van der Waals surface area (Å²) in [5.41, 5.74) is 4.71. The fourth-order valence-electron chi connectivity index (χ4n) is 4.00. The first-order chi connectivity index (χ1) is 13.0. The zero-order valence-electron chi connectivity index (χ0n) is 15.7. The number of hydrogen-bond acceptors (Lipinski definition) is 3. The molecule has 1 N–H and O–H groups in total. The number of nitrogens with zero attached hydrogens (tertiary/aromatic N) is 1. The molecule has 3 aromatic rings. The summed E-state index contributed by atoms with van der Waals surface area (Å²) in [5.74, 6) is -0.205. The van der Waals surface area contributed by atoms with E-state index in [4.69, 9.17) is 4.42 Å². The minimum Gasteiger partial charge on any atom is -0.422 e. The molecular weight excluding hydrogens is 343 g/mol. The van der Waals surface area contributed by atoms with Gasteiger partial charge in [0.2, 0.25) is 0 Å². The lowest BCUT2D eigenvalue weighted by molar-refractivity contribution is -0.914. The van der Waals surface area contributed by atoms with Gasteiger partial charge in [-0.2, -0.15) is 0 Å². The van der Waals surface area contributed by atoms with E-state index in [1.807, 2.05) is 25.1 Å². The van der Waals surface area contributed by atoms with Crippen molar-refractivity contribution in [1.82, 2.24) is 0 Å². The van der Waals surface area contributed by atoms with Crippen LogP contribution in [0.3, 0.4) is 0 Å². The molecule has 2 aromatic carbocycles. The molecule has 1 saturated heterocycles. The first-order valence-corrected chi connectivity index (χ1v) is 9.38. The molecule has 0 saturated carbocycles. The van der Waals surface area contributed by atoms with E-state index in [2.05, 4.69) is 17.9 Å². The van der Waals surface area contributed by atoms with Gasteiger partial charge in [-0.3, -0.25) is 0 Å². The molecule has 0 bridgehead atoms. The highest BCUT2D eigenvalue weighted by Gasteiger charge is 2.22. The zero-order chi connectivity index (χ0) is 19.0. The molecule has 0 aliphatic carbocycles. The average molecular weight is 367 g/mol. The van der Waals surface area contributed by atoms with Crippen LogP contribution in [0.5, 0.6) is 0 Å². The van der Waals surface area contributed by atoms with Gasteiger partial charge >= 0.3 is 5.63 Å². The molecule has 0 atom stereocenters. The largest absolute Gasteiger partial charge is 0.422 e. The van der Waals surface area contributed by atoms with Crippen molar-refractivity contribution < 1.29 is 13.7 Å². The van der Waals surface area contributed by atoms with Crippen LogP contribution in [-0.4, -0.2) is 26.2 Å². The first kappa shape index (κ1) is 17.7. The minimum absolute atomic E-state index is 0.205. The molecule has 0 radical (unpaired) electrons. The number of anilines is 1. The summed E-state index contributed by atoms with van der Waals surface area (Å²) in [7, 11) is 0. The van der Waals surface area contributed by atoms with Crippen molar-refractivity contribution in [3.63, 3.8) is 0 Å². The van der Waals surface area contributed by atoms with E-state index in [9.17, 15) is 9.18 Å². The van der Waals surface area contributed by atoms with Gasteiger partial charge in [0.25, 0.3) is 0 Å². The number of halogens is 1. The summed E-state index contributed by atoms with van der Waals surface area (Å²) in [6, 6.07) is 12.5. The van der Waals surface area contributed by atoms with Crippen LogP contribution in [-0.2, 0) is 6.54 Å². The van der Waals surface area contributed by atoms with Crippen LogP contribution in [0.15, 0.2) is 51.7 Å². The highest BCUT2D eigenvalue weighted by atomic mass is 19.1. The van der Waals surface area contributed by atoms with E-state index in [0.717, 1.165) is 54.9 Å². The van der Waals surface area contributed by atoms with E-state index in [-0.39, 0.29) is 11.4 Å². The maximum atomic E-state index is 13.1. The lowest BCUT2D eigenvalue weighted by Gasteiger charge is -2.33. The molecule has 0 spiro atoms. The molecule has 4 rings (SSSR count). The molecule has 27 heavy (non-hydrogen) atoms. The van der Waals surface area contributed by atoms with E-state index < -0.39 is 0 Å². The lowest BCUT2D eigenvalue weighted by Crippen LogP contribution is -3.13. The predicted molar refractivity (Wildman–Crippen MR) is 105 cm³/mol. The third-order valence-corrected chi connectivity index (χ3v) is 5.36. The fourth-order valence-corrected chi connectivity index (χ4v) is 4.00. The molecule has 1 fully saturated rings. The van der Waals surface area contributed by atoms with Gasteiger partial charge in [-0.15, -0.1) is 0 Å². The van der Waals surface area contributed by atoms with Gasteiger partial charge < -0.3 is 14.2 Å². The van der Waals surface area contributed by atoms with E-state index in [0.29, 0.717) is 5.58 Å². The third kappa shape index (κ3) is 3.74. The molecule has 1 aliphatic heterocycles. The van der Waals surface area contributed by atoms with Crippen molar-refractivity contribution in [3.05, 3.63) is 75.4 Å². The van der Waals surface area contributed by atoms with Crippen LogP contribution >= 0.6 is 0 Å². The number of benzene rings is 2. The SMILES string of the molecule is Cc1cc(C)c2oc(=O)cc(C[NH+]3CCN(c4ccc(F)cc4)CC3)c2c1. The van der Waals surface area contributed by atoms with Crippen LogP contribution in [0.2, 0.25) is 0 Å². The minimum atomic E-state index is -0.284. The van der Waals surface area contributed by atoms with Crippen molar-refractivity contribution in [2.24, 2.45) is 0 Å². The van der Waals surface area contributed by atoms with Crippen molar-refractivity contribution in [3.8, 4) is 0 Å². The Morgan fingerprint density at radius 1 is 1.07 bits per heavy atom. The number of aryl methyl sites for hydroxylation is 2. The Morgan fingerprint density at radius 2 is 1.78 bits per heavy atom. The fraction of sp³-hybridized carbons (Fsp3) is 0.318. The van der Waals surface area contributed by atoms with Gasteiger partial charge in [-0.1, -0.05) is 6.07 Å². The normalized spacial score (nSPS) is 15.4. The van der Waals surface area contributed by atoms with Crippen molar-refractivity contribution >= 4 is 16.7 Å². The second-order valence-corrected chi connectivity index (χ2v) is 7.44. The number of quaternary nitrogens is 1. The molecule has 5 heteroatoms. The average Bonchev–Trinajstić information content (AvgIpc) is 2.64. The number of rotatable bonds is 3. The van der Waals surface area contributed by atoms with Gasteiger partial charge in [-0.05, 0) is 55.3 Å². The number of fused-ring (bicyclic) bond motifs is 1. The predicted octanol–water partition coefficient (Wildman–Crippen LogP) is 2.45. The topological polar surface area (TPSA) is 37.9 Å². The molecule has 2 heterocycles. The van der Waals surface area contributed by atoms with Gasteiger partial charge in [0.15, 0.2) is 0 Å². The van der Waals surface area contributed by atoms with Gasteiger partial charge in [0.1, 0.15) is 17.9 Å². The van der Waals surface area contributed by atoms with E-state index >= 15 is 0 Å². The van der Waals surface area contributed by atoms with Crippen molar-refractivity contribution in [1.29, 1.82) is 0 Å². The molecule has 1 aromatic heterocycles. The third-order valence-electron chi connectivity index (χ3n) is 5.36. The van der Waals surface area contributed by atoms with Crippen LogP contribution in [0.25, 0.3) is 11.0 Å². The molecule has 0 unspecified atom stereocenters. The second kappa shape index (κ2) is 7.16. The highest BCUT2D eigenvalue weighted by molar-refractivity contribution is 5.83. The summed E-state index contributed by atoms with van der Waals surface area (Å²) in [4.78, 5) is 15.8. The Labute approximate surface area is 157 Å². The Bertz CT molecular complexity index is 1020. The Hall–Kier alpha value is -2.66. The smallest absolute Gasteiger partial charge is 0.336 e. The monoisotopic (exact) mass is 367 g/mol. The molecular formula is C22H24FN2O2+. The van der Waals surface area contributed by atoms with Crippen molar-refractivity contribution in [2.45, 2.75) is 20.4 Å². The Balaban J connectivity index is 1.52. The summed E-state index contributed by atoms with van der Waals surface area (Å²) in [6.45, 7) is 8.64. The summed E-state index contributed by atoms with van der Waals surface area (Å²) in [5, 5.41) is 1.04. The molecule has 140 valence electrons. The lowest BCUT2D eigenvalue weighted by atomic mass is 10.0. The number of hydrogen-bond donors (Lipinski definition) is 1. The quantitative estimate of drug-likeness (QED) is 0.723. The van der Waals surface area contributed by atoms with Crippen LogP contribution in [0.1, 0.15) is 16.7 Å². The maximum Gasteiger partial charge on any atom is 0.336 e. The van der Waals surface area contributed by atoms with Gasteiger partial charge in [0, 0.05) is 22.7 Å². The summed E-state index contributed by atoms with van der Waals surface area (Å²) < 4.78 is 18.6. The van der Waals surface area contributed by atoms with E-state index in [1.165, 1.54) is 22.6 Å². The summed E-state index contributed by atoms with van der Waals surface area (Å²) in [6.07, 6.45) is 0. The number of nitrogens with one attached hydrogen (secondary N) is 1. The Morgan fingerprint density at radius 3 is 2.48 bits per heavy atom. The molecule has 1 aliphatic rings. The standard InChI is InChI=1S/C22H23FN2O2/c1-15-11-16(2)22-20(12-15)17(13-21(26)27-22)14-24-7-9-25(10-8-24)19-5-3-18(23)4-6-19/h3-6,11-13H,7-10,14H2,1-2H3/p+1. The van der Waals surface area contributed by atoms with Crippen LogP contribution in [0, 0.1) is 19.7 Å². The van der Waals surface area contributed by atoms with Crippen molar-refractivity contribution in [2.75, 3.05) is 31.1 Å². The Kier molecular flexibility index (Phi) is 4.70. The maximum absolute atomic E-state index is 13.1. The van der Waals surface area contributed by atoms with Gasteiger partial charge in [-0.25, -0.2) is 9.18 Å². The first-order valence-electron chi connectivity index (χ1n) is 9.38. The second-order valence-electron chi connectivity index (χ2n) is 7.44. The van der Waals surface area contributed by atoms with E-state index in [1.54, 1.807) is 6.07 Å². The molecule has 0 amide bonds. The van der Waals surface area contributed by atoms with Gasteiger partial charge in [0.05, 0.1) is 26.2 Å². The van der Waals surface area contributed by atoms with Crippen LogP contribution in [0.4, 0.5) is 10.1 Å². The van der Waals surface area contributed by atoms with Crippen LogP contribution < -0.4 is 15.4 Å². The number of piperazine rings is 1. The highest BCUT2D eigenvalue weighted by Crippen LogP contribution is 2.22. The molecule has 4 nitrogen and oxygen atoms in total. The zero-order valence-corrected chi connectivity index (χ0v) is 15.7. The summed E-state index contributed by atoms with van der Waals surface area (Å²) >= 11 is 0.